The fourth-order valence-electron chi connectivity index (χ4n) is 3.99. The van der Waals surface area contributed by atoms with E-state index < -0.39 is 17.6 Å². The van der Waals surface area contributed by atoms with Crippen molar-refractivity contribution < 1.29 is 18.0 Å². The standard InChI is InChI=1S/C23H25F3N4OS2/c1-13(2)30-21(18-11-32-19-9-14(3)7-8-17(18)19)28-29-22(30)33-12-20(31)27-16-6-4-5-15(10-16)23(24,25)26/h4-6,10-11,13-14H,7-9,12H2,1-3H3,(H,27,31). The Kier molecular flexibility index (Phi) is 6.86. The van der Waals surface area contributed by atoms with Gasteiger partial charge in [-0.15, -0.1) is 21.5 Å². The molecule has 2 heterocycles. The van der Waals surface area contributed by atoms with E-state index in [9.17, 15) is 18.0 Å². The van der Waals surface area contributed by atoms with E-state index in [0.29, 0.717) is 11.1 Å². The lowest BCUT2D eigenvalue weighted by molar-refractivity contribution is -0.137. The second kappa shape index (κ2) is 9.50. The van der Waals surface area contributed by atoms with E-state index in [1.165, 1.54) is 34.3 Å². The van der Waals surface area contributed by atoms with Gasteiger partial charge >= 0.3 is 6.18 Å². The lowest BCUT2D eigenvalue weighted by Gasteiger charge is -2.19. The highest BCUT2D eigenvalue weighted by molar-refractivity contribution is 7.99. The minimum absolute atomic E-state index is 0.0142. The molecule has 0 spiro atoms. The van der Waals surface area contributed by atoms with Gasteiger partial charge in [-0.1, -0.05) is 24.8 Å². The minimum Gasteiger partial charge on any atom is -0.325 e. The van der Waals surface area contributed by atoms with Gasteiger partial charge < -0.3 is 5.32 Å². The second-order valence-electron chi connectivity index (χ2n) is 8.58. The molecule has 4 rings (SSSR count). The zero-order valence-corrected chi connectivity index (χ0v) is 20.2. The second-order valence-corrected chi connectivity index (χ2v) is 10.5. The van der Waals surface area contributed by atoms with Gasteiger partial charge in [0, 0.05) is 27.5 Å². The summed E-state index contributed by atoms with van der Waals surface area (Å²) in [5.41, 5.74) is 1.78. The highest BCUT2D eigenvalue weighted by atomic mass is 32.2. The first kappa shape index (κ1) is 23.8. The van der Waals surface area contributed by atoms with Gasteiger partial charge in [-0.2, -0.15) is 13.2 Å². The number of thioether (sulfide) groups is 1. The van der Waals surface area contributed by atoms with Crippen molar-refractivity contribution in [3.8, 4) is 11.4 Å². The number of benzene rings is 1. The van der Waals surface area contributed by atoms with Gasteiger partial charge in [0.05, 0.1) is 11.3 Å². The van der Waals surface area contributed by atoms with E-state index >= 15 is 0 Å². The quantitative estimate of drug-likeness (QED) is 0.400. The molecule has 2 aromatic heterocycles. The Bertz CT molecular complexity index is 1150. The number of thiophene rings is 1. The summed E-state index contributed by atoms with van der Waals surface area (Å²) >= 11 is 3.00. The van der Waals surface area contributed by atoms with Crippen molar-refractivity contribution in [3.63, 3.8) is 0 Å². The molecule has 1 N–H and O–H groups in total. The molecule has 1 aromatic carbocycles. The van der Waals surface area contributed by atoms with Crippen molar-refractivity contribution in [2.24, 2.45) is 5.92 Å². The minimum atomic E-state index is -4.46. The number of hydrogen-bond donors (Lipinski definition) is 1. The average molecular weight is 495 g/mol. The zero-order chi connectivity index (χ0) is 23.8. The van der Waals surface area contributed by atoms with Gasteiger partial charge in [-0.05, 0) is 62.8 Å². The monoisotopic (exact) mass is 494 g/mol. The third-order valence-electron chi connectivity index (χ3n) is 5.63. The number of carbonyl (C=O) groups is 1. The van der Waals surface area contributed by atoms with Crippen LogP contribution in [0, 0.1) is 5.92 Å². The first-order chi connectivity index (χ1) is 15.6. The maximum absolute atomic E-state index is 12.9. The predicted molar refractivity (Wildman–Crippen MR) is 126 cm³/mol. The summed E-state index contributed by atoms with van der Waals surface area (Å²) < 4.78 is 40.7. The molecule has 1 atom stereocenters. The van der Waals surface area contributed by atoms with Gasteiger partial charge in [0.2, 0.25) is 5.91 Å². The Labute approximate surface area is 198 Å². The Hall–Kier alpha value is -2.33. The van der Waals surface area contributed by atoms with E-state index in [2.05, 4.69) is 27.8 Å². The van der Waals surface area contributed by atoms with Crippen LogP contribution in [0.2, 0.25) is 0 Å². The maximum Gasteiger partial charge on any atom is 0.416 e. The summed E-state index contributed by atoms with van der Waals surface area (Å²) in [6, 6.07) is 4.70. The van der Waals surface area contributed by atoms with Crippen LogP contribution >= 0.6 is 23.1 Å². The number of halogens is 3. The van der Waals surface area contributed by atoms with Crippen LogP contribution in [0.1, 0.15) is 49.2 Å². The molecule has 1 unspecified atom stereocenters. The number of anilines is 1. The first-order valence-electron chi connectivity index (χ1n) is 10.8. The molecular formula is C23H25F3N4OS2. The largest absolute Gasteiger partial charge is 0.416 e. The van der Waals surface area contributed by atoms with E-state index in [1.54, 1.807) is 11.3 Å². The molecular weight excluding hydrogens is 469 g/mol. The molecule has 0 bridgehead atoms. The molecule has 0 radical (unpaired) electrons. The van der Waals surface area contributed by atoms with Crippen LogP contribution in [0.15, 0.2) is 34.8 Å². The molecule has 176 valence electrons. The Morgan fingerprint density at radius 1 is 1.33 bits per heavy atom. The van der Waals surface area contributed by atoms with Crippen molar-refractivity contribution in [2.75, 3.05) is 11.1 Å². The normalized spacial score (nSPS) is 16.2. The summed E-state index contributed by atoms with van der Waals surface area (Å²) in [6.07, 6.45) is -1.18. The van der Waals surface area contributed by atoms with Crippen LogP contribution in [-0.2, 0) is 23.8 Å². The molecule has 33 heavy (non-hydrogen) atoms. The van der Waals surface area contributed by atoms with Crippen LogP contribution in [0.4, 0.5) is 18.9 Å². The van der Waals surface area contributed by atoms with E-state index in [4.69, 9.17) is 0 Å². The zero-order valence-electron chi connectivity index (χ0n) is 18.6. The van der Waals surface area contributed by atoms with Crippen molar-refractivity contribution in [1.82, 2.24) is 14.8 Å². The lowest BCUT2D eigenvalue weighted by Crippen LogP contribution is -2.16. The number of amides is 1. The number of fused-ring (bicyclic) bond motifs is 1. The fourth-order valence-corrected chi connectivity index (χ4v) is 6.10. The summed E-state index contributed by atoms with van der Waals surface area (Å²) in [5.74, 6) is 1.10. The average Bonchev–Trinajstić information content (AvgIpc) is 3.35. The highest BCUT2D eigenvalue weighted by Crippen LogP contribution is 2.39. The summed E-state index contributed by atoms with van der Waals surface area (Å²) in [7, 11) is 0. The van der Waals surface area contributed by atoms with Crippen LogP contribution in [0.3, 0.4) is 0 Å². The molecule has 5 nitrogen and oxygen atoms in total. The maximum atomic E-state index is 12.9. The molecule has 0 aliphatic heterocycles. The molecule has 0 saturated heterocycles. The van der Waals surface area contributed by atoms with E-state index in [0.717, 1.165) is 42.8 Å². The van der Waals surface area contributed by atoms with E-state index in [1.807, 2.05) is 18.4 Å². The fraction of sp³-hybridized carbons (Fsp3) is 0.435. The van der Waals surface area contributed by atoms with Gasteiger partial charge in [-0.3, -0.25) is 9.36 Å². The number of alkyl halides is 3. The lowest BCUT2D eigenvalue weighted by atomic mass is 9.88. The predicted octanol–water partition coefficient (Wildman–Crippen LogP) is 6.46. The summed E-state index contributed by atoms with van der Waals surface area (Å²) in [4.78, 5) is 13.8. The van der Waals surface area contributed by atoms with Crippen LogP contribution < -0.4 is 5.32 Å². The third kappa shape index (κ3) is 5.27. The first-order valence-corrected chi connectivity index (χ1v) is 12.6. The molecule has 3 aromatic rings. The summed E-state index contributed by atoms with van der Waals surface area (Å²) in [6.45, 7) is 6.36. The number of carbonyl (C=O) groups excluding carboxylic acids is 1. The molecule has 10 heteroatoms. The van der Waals surface area contributed by atoms with Crippen molar-refractivity contribution in [1.29, 1.82) is 0 Å². The SMILES string of the molecule is CC1CCc2c(-c3nnc(SCC(=O)Nc4cccc(C(F)(F)F)c4)n3C(C)C)csc2C1. The smallest absolute Gasteiger partial charge is 0.325 e. The van der Waals surface area contributed by atoms with Gasteiger partial charge in [0.1, 0.15) is 0 Å². The number of nitrogens with one attached hydrogen (secondary N) is 1. The highest BCUT2D eigenvalue weighted by Gasteiger charge is 2.30. The van der Waals surface area contributed by atoms with Gasteiger partial charge in [-0.25, -0.2) is 0 Å². The Morgan fingerprint density at radius 2 is 2.12 bits per heavy atom. The van der Waals surface area contributed by atoms with Crippen LogP contribution in [0.5, 0.6) is 0 Å². The van der Waals surface area contributed by atoms with Gasteiger partial charge in [0.15, 0.2) is 11.0 Å². The summed E-state index contributed by atoms with van der Waals surface area (Å²) in [5, 5.41) is 14.1. The van der Waals surface area contributed by atoms with Crippen LogP contribution in [0.25, 0.3) is 11.4 Å². The Morgan fingerprint density at radius 3 is 2.85 bits per heavy atom. The topological polar surface area (TPSA) is 59.8 Å². The van der Waals surface area contributed by atoms with Crippen molar-refractivity contribution in [2.45, 2.75) is 57.4 Å². The third-order valence-corrected chi connectivity index (χ3v) is 7.62. The Balaban J connectivity index is 1.49. The molecule has 0 saturated carbocycles. The van der Waals surface area contributed by atoms with E-state index in [-0.39, 0.29) is 17.5 Å². The number of rotatable bonds is 6. The molecule has 1 aliphatic rings. The number of aromatic nitrogens is 3. The van der Waals surface area contributed by atoms with Crippen LogP contribution in [-0.4, -0.2) is 26.4 Å². The van der Waals surface area contributed by atoms with Crippen molar-refractivity contribution in [3.05, 3.63) is 45.6 Å². The van der Waals surface area contributed by atoms with Crippen molar-refractivity contribution >= 4 is 34.7 Å². The van der Waals surface area contributed by atoms with Gasteiger partial charge in [0.25, 0.3) is 0 Å². The molecule has 0 fully saturated rings. The molecule has 1 aliphatic carbocycles. The molecule has 1 amide bonds. The number of nitrogens with zero attached hydrogens (tertiary/aromatic N) is 3. The number of hydrogen-bond acceptors (Lipinski definition) is 5.